The van der Waals surface area contributed by atoms with Gasteiger partial charge < -0.3 is 4.74 Å². The summed E-state index contributed by atoms with van der Waals surface area (Å²) < 4.78 is 28.7. The Balaban J connectivity index is 2.26. The minimum absolute atomic E-state index is 0.0100. The van der Waals surface area contributed by atoms with E-state index in [0.29, 0.717) is 0 Å². The highest BCUT2D eigenvalue weighted by molar-refractivity contribution is 8.13. The molecular weight excluding hydrogens is 318 g/mol. The van der Waals surface area contributed by atoms with E-state index in [9.17, 15) is 8.42 Å². The summed E-state index contributed by atoms with van der Waals surface area (Å²) in [5, 5.41) is 0.804. The molecule has 2 aromatic rings. The van der Waals surface area contributed by atoms with E-state index in [1.165, 1.54) is 17.4 Å². The average Bonchev–Trinajstić information content (AvgIpc) is 2.66. The molecule has 0 saturated carbocycles. The molecule has 2 rings (SSSR count). The Labute approximate surface area is 126 Å². The van der Waals surface area contributed by atoms with Crippen molar-refractivity contribution in [1.29, 1.82) is 0 Å². The van der Waals surface area contributed by atoms with Crippen molar-refractivity contribution in [2.45, 2.75) is 32.3 Å². The lowest BCUT2D eigenvalue weighted by molar-refractivity contribution is 0.297. The van der Waals surface area contributed by atoms with E-state index in [1.54, 1.807) is 19.1 Å². The molecular formula is C13H14ClNO3S2. The first kappa shape index (κ1) is 15.3. The van der Waals surface area contributed by atoms with Gasteiger partial charge in [-0.25, -0.2) is 13.4 Å². The van der Waals surface area contributed by atoms with Crippen LogP contribution in [-0.2, 0) is 15.7 Å². The van der Waals surface area contributed by atoms with Gasteiger partial charge in [0, 0.05) is 15.6 Å². The van der Waals surface area contributed by atoms with Crippen LogP contribution in [-0.4, -0.2) is 13.4 Å². The molecule has 0 atom stereocenters. The number of nitrogens with zero attached hydrogens (tertiary/aromatic N) is 1. The number of halogens is 1. The van der Waals surface area contributed by atoms with Gasteiger partial charge in [0.05, 0.1) is 5.69 Å². The Kier molecular flexibility index (Phi) is 4.36. The second kappa shape index (κ2) is 5.71. The van der Waals surface area contributed by atoms with E-state index in [2.05, 4.69) is 4.98 Å². The zero-order valence-corrected chi connectivity index (χ0v) is 13.7. The molecule has 0 fully saturated rings. The lowest BCUT2D eigenvalue weighted by Crippen LogP contribution is -2.01. The number of hydrogen-bond acceptors (Lipinski definition) is 5. The first-order valence-corrected chi connectivity index (χ1v) is 9.01. The molecule has 0 amide bonds. The number of benzene rings is 1. The van der Waals surface area contributed by atoms with Crippen LogP contribution in [0.5, 0.6) is 5.75 Å². The summed E-state index contributed by atoms with van der Waals surface area (Å²) in [7, 11) is 1.59. The summed E-state index contributed by atoms with van der Waals surface area (Å²) in [4.78, 5) is 5.46. The number of aryl methyl sites for hydroxylation is 3. The quantitative estimate of drug-likeness (QED) is 0.804. The van der Waals surface area contributed by atoms with Crippen molar-refractivity contribution in [2.24, 2.45) is 0 Å². The van der Waals surface area contributed by atoms with E-state index in [1.807, 2.05) is 13.8 Å². The summed E-state index contributed by atoms with van der Waals surface area (Å²) in [5.74, 6) is 0.246. The van der Waals surface area contributed by atoms with E-state index in [-0.39, 0.29) is 17.3 Å². The monoisotopic (exact) mass is 331 g/mol. The maximum atomic E-state index is 11.5. The second-order valence-corrected chi connectivity index (χ2v) is 8.25. The molecule has 1 heterocycles. The van der Waals surface area contributed by atoms with Crippen molar-refractivity contribution in [3.8, 4) is 5.75 Å². The summed E-state index contributed by atoms with van der Waals surface area (Å²) in [6.45, 7) is 5.93. The smallest absolute Gasteiger partial charge is 0.264 e. The summed E-state index contributed by atoms with van der Waals surface area (Å²) >= 11 is 1.53. The minimum Gasteiger partial charge on any atom is -0.485 e. The van der Waals surface area contributed by atoms with Crippen molar-refractivity contribution in [3.63, 3.8) is 0 Å². The maximum Gasteiger partial charge on any atom is 0.264 e. The van der Waals surface area contributed by atoms with Crippen molar-refractivity contribution in [3.05, 3.63) is 39.3 Å². The normalized spacial score (nSPS) is 11.6. The predicted molar refractivity (Wildman–Crippen MR) is 80.1 cm³/mol. The number of ether oxygens (including phenoxy) is 1. The van der Waals surface area contributed by atoms with Gasteiger partial charge in [0.15, 0.2) is 0 Å². The molecule has 0 aliphatic carbocycles. The lowest BCUT2D eigenvalue weighted by atomic mass is 10.2. The van der Waals surface area contributed by atoms with Crippen molar-refractivity contribution < 1.29 is 13.2 Å². The Hall–Kier alpha value is -1.11. The molecule has 1 aromatic carbocycles. The number of rotatable bonds is 4. The summed E-state index contributed by atoms with van der Waals surface area (Å²) in [6, 6.07) is 4.88. The Morgan fingerprint density at radius 2 is 2.00 bits per heavy atom. The third-order valence-corrected chi connectivity index (χ3v) is 5.18. The first-order chi connectivity index (χ1) is 9.27. The third-order valence-electron chi connectivity index (χ3n) is 2.79. The van der Waals surface area contributed by atoms with Crippen molar-refractivity contribution >= 4 is 31.1 Å². The molecule has 108 valence electrons. The number of thiazole rings is 1. The second-order valence-electron chi connectivity index (χ2n) is 4.43. The first-order valence-electron chi connectivity index (χ1n) is 5.88. The van der Waals surface area contributed by atoms with Crippen LogP contribution in [0.15, 0.2) is 23.1 Å². The SMILES string of the molecule is Cc1ccc(OCc2nc(C)c(C)s2)c(S(=O)(=O)Cl)c1. The molecule has 7 heteroatoms. The topological polar surface area (TPSA) is 56.3 Å². The Morgan fingerprint density at radius 3 is 2.55 bits per heavy atom. The van der Waals surface area contributed by atoms with Gasteiger partial charge in [-0.1, -0.05) is 6.07 Å². The molecule has 0 aliphatic heterocycles. The standard InChI is InChI=1S/C13H14ClNO3S2/c1-8-4-5-11(12(6-8)20(14,16)17)18-7-13-15-9(2)10(3)19-13/h4-6H,7H2,1-3H3. The van der Waals surface area contributed by atoms with Crippen molar-refractivity contribution in [1.82, 2.24) is 4.98 Å². The summed E-state index contributed by atoms with van der Waals surface area (Å²) in [5.41, 5.74) is 1.76. The molecule has 0 radical (unpaired) electrons. The zero-order valence-electron chi connectivity index (χ0n) is 11.3. The van der Waals surface area contributed by atoms with Gasteiger partial charge in [-0.05, 0) is 38.5 Å². The largest absolute Gasteiger partial charge is 0.485 e. The molecule has 0 saturated heterocycles. The number of hydrogen-bond donors (Lipinski definition) is 0. The highest BCUT2D eigenvalue weighted by atomic mass is 35.7. The van der Waals surface area contributed by atoms with Crippen LogP contribution in [0.1, 0.15) is 21.1 Å². The van der Waals surface area contributed by atoms with Crippen LogP contribution >= 0.6 is 22.0 Å². The van der Waals surface area contributed by atoms with E-state index in [4.69, 9.17) is 15.4 Å². The molecule has 1 aromatic heterocycles. The molecule has 0 unspecified atom stereocenters. The zero-order chi connectivity index (χ0) is 14.9. The van der Waals surface area contributed by atoms with Gasteiger partial charge in [0.1, 0.15) is 22.3 Å². The molecule has 0 N–H and O–H groups in total. The van der Waals surface area contributed by atoms with Crippen LogP contribution in [0.2, 0.25) is 0 Å². The molecule has 4 nitrogen and oxygen atoms in total. The third kappa shape index (κ3) is 3.50. The van der Waals surface area contributed by atoms with Gasteiger partial charge in [-0.15, -0.1) is 11.3 Å². The molecule has 20 heavy (non-hydrogen) atoms. The maximum absolute atomic E-state index is 11.5. The fraction of sp³-hybridized carbons (Fsp3) is 0.308. The van der Waals surface area contributed by atoms with Gasteiger partial charge in [-0.2, -0.15) is 0 Å². The summed E-state index contributed by atoms with van der Waals surface area (Å²) in [6.07, 6.45) is 0. The van der Waals surface area contributed by atoms with E-state index < -0.39 is 9.05 Å². The molecule has 0 aliphatic rings. The highest BCUT2D eigenvalue weighted by Gasteiger charge is 2.17. The number of aromatic nitrogens is 1. The van der Waals surface area contributed by atoms with Gasteiger partial charge in [0.25, 0.3) is 9.05 Å². The van der Waals surface area contributed by atoms with Crippen LogP contribution in [0.3, 0.4) is 0 Å². The van der Waals surface area contributed by atoms with Crippen molar-refractivity contribution in [2.75, 3.05) is 0 Å². The van der Waals surface area contributed by atoms with Crippen LogP contribution in [0.25, 0.3) is 0 Å². The van der Waals surface area contributed by atoms with Crippen LogP contribution in [0.4, 0.5) is 0 Å². The van der Waals surface area contributed by atoms with Gasteiger partial charge in [0.2, 0.25) is 0 Å². The molecule has 0 bridgehead atoms. The minimum atomic E-state index is -3.83. The van der Waals surface area contributed by atoms with Gasteiger partial charge in [-0.3, -0.25) is 0 Å². The predicted octanol–water partition coefficient (Wildman–Crippen LogP) is 3.57. The van der Waals surface area contributed by atoms with E-state index in [0.717, 1.165) is 21.1 Å². The molecule has 0 spiro atoms. The highest BCUT2D eigenvalue weighted by Crippen LogP contribution is 2.29. The Morgan fingerprint density at radius 1 is 1.30 bits per heavy atom. The lowest BCUT2D eigenvalue weighted by Gasteiger charge is -2.09. The van der Waals surface area contributed by atoms with E-state index >= 15 is 0 Å². The average molecular weight is 332 g/mol. The van der Waals surface area contributed by atoms with Crippen LogP contribution in [0, 0.1) is 20.8 Å². The van der Waals surface area contributed by atoms with Gasteiger partial charge >= 0.3 is 0 Å². The van der Waals surface area contributed by atoms with Crippen LogP contribution < -0.4 is 4.74 Å². The Bertz CT molecular complexity index is 719. The fourth-order valence-corrected chi connectivity index (χ4v) is 3.57. The fourth-order valence-electron chi connectivity index (χ4n) is 1.67.